The quantitative estimate of drug-likeness (QED) is 0.782. The monoisotopic (exact) mass is 387 g/mol. The van der Waals surface area contributed by atoms with Gasteiger partial charge in [-0.3, -0.25) is 4.79 Å². The van der Waals surface area contributed by atoms with E-state index in [-0.39, 0.29) is 11.9 Å². The molecular formula is C15H19Br2NO. The number of nitrogens with one attached hydrogen (secondary N) is 1. The Morgan fingerprint density at radius 1 is 1.16 bits per heavy atom. The zero-order valence-electron chi connectivity index (χ0n) is 11.1. The molecule has 1 N–H and O–H groups in total. The van der Waals surface area contributed by atoms with E-state index in [9.17, 15) is 4.79 Å². The van der Waals surface area contributed by atoms with Gasteiger partial charge in [0.15, 0.2) is 0 Å². The first-order valence-corrected chi connectivity index (χ1v) is 8.42. The van der Waals surface area contributed by atoms with Gasteiger partial charge in [-0.2, -0.15) is 0 Å². The Morgan fingerprint density at radius 3 is 2.32 bits per heavy atom. The Balaban J connectivity index is 1.99. The van der Waals surface area contributed by atoms with Crippen molar-refractivity contribution in [1.82, 2.24) is 5.32 Å². The Kier molecular flexibility index (Phi) is 5.46. The third-order valence-corrected chi connectivity index (χ3v) is 4.76. The first kappa shape index (κ1) is 15.0. The number of benzene rings is 1. The Hall–Kier alpha value is -0.350. The summed E-state index contributed by atoms with van der Waals surface area (Å²) in [5.74, 6) is 0.647. The first-order valence-electron chi connectivity index (χ1n) is 6.83. The summed E-state index contributed by atoms with van der Waals surface area (Å²) >= 11 is 6.83. The molecule has 19 heavy (non-hydrogen) atoms. The van der Waals surface area contributed by atoms with Crippen molar-refractivity contribution in [2.24, 2.45) is 5.92 Å². The third-order valence-electron chi connectivity index (χ3n) is 3.84. The van der Waals surface area contributed by atoms with Gasteiger partial charge >= 0.3 is 0 Å². The minimum absolute atomic E-state index is 0.0140. The molecule has 1 aliphatic carbocycles. The lowest BCUT2D eigenvalue weighted by Gasteiger charge is -2.28. The highest BCUT2D eigenvalue weighted by Crippen LogP contribution is 2.26. The molecule has 2 rings (SSSR count). The fourth-order valence-corrected chi connectivity index (χ4v) is 4.02. The second-order valence-electron chi connectivity index (χ2n) is 5.32. The van der Waals surface area contributed by atoms with Crippen LogP contribution in [0.15, 0.2) is 27.1 Å². The second-order valence-corrected chi connectivity index (χ2v) is 7.15. The standard InChI is InChI=1S/C15H19Br2NO/c1-10(11-5-3-2-4-6-11)18-15(19)12-7-13(16)9-14(17)8-12/h7-11H,2-6H2,1H3,(H,18,19). The number of carbonyl (C=O) groups is 1. The van der Waals surface area contributed by atoms with Crippen LogP contribution in [-0.2, 0) is 0 Å². The number of carbonyl (C=O) groups excluding carboxylic acids is 1. The van der Waals surface area contributed by atoms with Gasteiger partial charge in [0, 0.05) is 20.6 Å². The van der Waals surface area contributed by atoms with E-state index in [2.05, 4.69) is 44.1 Å². The molecule has 0 spiro atoms. The van der Waals surface area contributed by atoms with Crippen LogP contribution in [0.4, 0.5) is 0 Å². The molecule has 1 amide bonds. The minimum atomic E-state index is 0.0140. The van der Waals surface area contributed by atoms with E-state index in [1.165, 1.54) is 32.1 Å². The summed E-state index contributed by atoms with van der Waals surface area (Å²) in [6.45, 7) is 2.13. The molecule has 0 saturated heterocycles. The molecule has 0 heterocycles. The molecule has 1 aromatic rings. The van der Waals surface area contributed by atoms with Gasteiger partial charge in [-0.05, 0) is 43.9 Å². The lowest BCUT2D eigenvalue weighted by molar-refractivity contribution is 0.0919. The summed E-state index contributed by atoms with van der Waals surface area (Å²) in [4.78, 5) is 12.2. The third kappa shape index (κ3) is 4.32. The number of rotatable bonds is 3. The zero-order chi connectivity index (χ0) is 13.8. The van der Waals surface area contributed by atoms with Crippen LogP contribution in [0.3, 0.4) is 0 Å². The lowest BCUT2D eigenvalue weighted by Crippen LogP contribution is -2.38. The van der Waals surface area contributed by atoms with Crippen molar-refractivity contribution < 1.29 is 4.79 Å². The summed E-state index contributed by atoms with van der Waals surface area (Å²) in [7, 11) is 0. The fraction of sp³-hybridized carbons (Fsp3) is 0.533. The number of amides is 1. The van der Waals surface area contributed by atoms with E-state index in [0.717, 1.165) is 8.95 Å². The Bertz CT molecular complexity index is 435. The largest absolute Gasteiger partial charge is 0.349 e. The van der Waals surface area contributed by atoms with Crippen molar-refractivity contribution in [3.63, 3.8) is 0 Å². The van der Waals surface area contributed by atoms with E-state index in [4.69, 9.17) is 0 Å². The molecule has 1 fully saturated rings. The second kappa shape index (κ2) is 6.89. The maximum Gasteiger partial charge on any atom is 0.251 e. The van der Waals surface area contributed by atoms with Crippen molar-refractivity contribution >= 4 is 37.8 Å². The van der Waals surface area contributed by atoms with Crippen molar-refractivity contribution in [2.45, 2.75) is 45.1 Å². The van der Waals surface area contributed by atoms with Crippen LogP contribution >= 0.6 is 31.9 Å². The average Bonchev–Trinajstić information content (AvgIpc) is 2.38. The molecule has 0 aliphatic heterocycles. The highest BCUT2D eigenvalue weighted by atomic mass is 79.9. The van der Waals surface area contributed by atoms with Crippen molar-refractivity contribution in [1.29, 1.82) is 0 Å². The van der Waals surface area contributed by atoms with Crippen molar-refractivity contribution in [3.8, 4) is 0 Å². The van der Waals surface area contributed by atoms with Crippen LogP contribution in [0.5, 0.6) is 0 Å². The van der Waals surface area contributed by atoms with Gasteiger partial charge in [-0.1, -0.05) is 51.1 Å². The summed E-state index contributed by atoms with van der Waals surface area (Å²) in [6, 6.07) is 5.90. The predicted molar refractivity (Wildman–Crippen MR) is 85.3 cm³/mol. The number of hydrogen-bond donors (Lipinski definition) is 1. The van der Waals surface area contributed by atoms with Gasteiger partial charge in [-0.25, -0.2) is 0 Å². The molecule has 1 atom stereocenters. The smallest absolute Gasteiger partial charge is 0.251 e. The zero-order valence-corrected chi connectivity index (χ0v) is 14.3. The van der Waals surface area contributed by atoms with Crippen LogP contribution in [-0.4, -0.2) is 11.9 Å². The molecule has 0 radical (unpaired) electrons. The van der Waals surface area contributed by atoms with Gasteiger partial charge in [-0.15, -0.1) is 0 Å². The van der Waals surface area contributed by atoms with Crippen molar-refractivity contribution in [3.05, 3.63) is 32.7 Å². The summed E-state index contributed by atoms with van der Waals surface area (Å²) in [5, 5.41) is 3.14. The number of halogens is 2. The topological polar surface area (TPSA) is 29.1 Å². The Morgan fingerprint density at radius 2 is 1.74 bits per heavy atom. The molecule has 104 valence electrons. The molecule has 1 unspecified atom stereocenters. The summed E-state index contributed by atoms with van der Waals surface area (Å²) in [5.41, 5.74) is 0.698. The van der Waals surface area contributed by atoms with Crippen LogP contribution in [0, 0.1) is 5.92 Å². The summed E-state index contributed by atoms with van der Waals surface area (Å²) in [6.07, 6.45) is 6.42. The van der Waals surface area contributed by atoms with Crippen LogP contribution in [0.25, 0.3) is 0 Å². The highest BCUT2D eigenvalue weighted by molar-refractivity contribution is 9.11. The van der Waals surface area contributed by atoms with Gasteiger partial charge < -0.3 is 5.32 Å². The maximum absolute atomic E-state index is 12.2. The average molecular weight is 389 g/mol. The maximum atomic E-state index is 12.2. The Labute approximate surface area is 131 Å². The van der Waals surface area contributed by atoms with Crippen LogP contribution in [0.1, 0.15) is 49.4 Å². The first-order chi connectivity index (χ1) is 9.06. The van der Waals surface area contributed by atoms with Crippen LogP contribution in [0.2, 0.25) is 0 Å². The molecular weight excluding hydrogens is 370 g/mol. The van der Waals surface area contributed by atoms with Gasteiger partial charge in [0.2, 0.25) is 0 Å². The number of hydrogen-bond acceptors (Lipinski definition) is 1. The molecule has 1 saturated carbocycles. The lowest BCUT2D eigenvalue weighted by atomic mass is 9.84. The molecule has 0 bridgehead atoms. The van der Waals surface area contributed by atoms with Crippen molar-refractivity contribution in [2.75, 3.05) is 0 Å². The molecule has 1 aromatic carbocycles. The van der Waals surface area contributed by atoms with Gasteiger partial charge in [0.1, 0.15) is 0 Å². The molecule has 1 aliphatic rings. The predicted octanol–water partition coefficient (Wildman–Crippen LogP) is 4.91. The molecule has 2 nitrogen and oxygen atoms in total. The highest BCUT2D eigenvalue weighted by Gasteiger charge is 2.21. The normalized spacial score (nSPS) is 18.1. The summed E-state index contributed by atoms with van der Waals surface area (Å²) < 4.78 is 1.83. The van der Waals surface area contributed by atoms with E-state index in [1.54, 1.807) is 0 Å². The van der Waals surface area contributed by atoms with E-state index >= 15 is 0 Å². The SMILES string of the molecule is CC(NC(=O)c1cc(Br)cc(Br)c1)C1CCCCC1. The molecule has 0 aromatic heterocycles. The van der Waals surface area contributed by atoms with E-state index < -0.39 is 0 Å². The van der Waals surface area contributed by atoms with Gasteiger partial charge in [0.05, 0.1) is 0 Å². The van der Waals surface area contributed by atoms with E-state index in [1.807, 2.05) is 18.2 Å². The van der Waals surface area contributed by atoms with Crippen LogP contribution < -0.4 is 5.32 Å². The van der Waals surface area contributed by atoms with E-state index in [0.29, 0.717) is 11.5 Å². The molecule has 4 heteroatoms. The van der Waals surface area contributed by atoms with Gasteiger partial charge in [0.25, 0.3) is 5.91 Å². The minimum Gasteiger partial charge on any atom is -0.349 e. The fourth-order valence-electron chi connectivity index (χ4n) is 2.73.